The van der Waals surface area contributed by atoms with Gasteiger partial charge in [-0.25, -0.2) is 0 Å². The Morgan fingerprint density at radius 1 is 1.17 bits per heavy atom. The Bertz CT molecular complexity index is 439. The van der Waals surface area contributed by atoms with Crippen LogP contribution in [0, 0.1) is 5.92 Å². The van der Waals surface area contributed by atoms with E-state index in [1.165, 1.54) is 17.0 Å². The second-order valence-electron chi connectivity index (χ2n) is 5.59. The summed E-state index contributed by atoms with van der Waals surface area (Å²) in [4.78, 5) is 0. The highest BCUT2D eigenvalue weighted by atomic mass is 16.4. The summed E-state index contributed by atoms with van der Waals surface area (Å²) in [5, 5.41) is 17.8. The largest absolute Gasteiger partial charge is 0.408 e. The van der Waals surface area contributed by atoms with Crippen molar-refractivity contribution in [3.8, 4) is 0 Å². The van der Waals surface area contributed by atoms with Gasteiger partial charge in [0.2, 0.25) is 5.96 Å². The predicted octanol–water partition coefficient (Wildman–Crippen LogP) is 1.84. The molecule has 0 saturated carbocycles. The average Bonchev–Trinajstić information content (AvgIpc) is 2.38. The molecule has 1 aromatic carbocycles. The summed E-state index contributed by atoms with van der Waals surface area (Å²) < 4.78 is 0. The van der Waals surface area contributed by atoms with Crippen LogP contribution in [-0.4, -0.2) is 24.3 Å². The molecule has 1 aromatic rings. The van der Waals surface area contributed by atoms with E-state index in [2.05, 4.69) is 60.8 Å². The van der Waals surface area contributed by atoms with Gasteiger partial charge in [0.1, 0.15) is 0 Å². The lowest BCUT2D eigenvalue weighted by Gasteiger charge is -2.27. The minimum absolute atomic E-state index is 0.157. The van der Waals surface area contributed by atoms with Gasteiger partial charge >= 0.3 is 0 Å². The quantitative estimate of drug-likeness (QED) is 0.523. The molecule has 3 N–H and O–H groups in total. The minimum atomic E-state index is 0.157. The second kappa shape index (κ2) is 4.88. The molecule has 1 radical (unpaired) electrons. The maximum absolute atomic E-state index is 8.65. The Morgan fingerprint density at radius 3 is 2.39 bits per heavy atom. The summed E-state index contributed by atoms with van der Waals surface area (Å²) >= 11 is 0. The summed E-state index contributed by atoms with van der Waals surface area (Å²) in [6.45, 7) is 8.06. The van der Waals surface area contributed by atoms with Gasteiger partial charge in [-0.2, -0.15) is 0 Å². The summed E-state index contributed by atoms with van der Waals surface area (Å²) in [7, 11) is 0. The summed E-state index contributed by atoms with van der Waals surface area (Å²) in [6, 6.07) is 8.61. The fourth-order valence-corrected chi connectivity index (χ4v) is 1.99. The van der Waals surface area contributed by atoms with Crippen LogP contribution in [-0.2, 0) is 5.41 Å². The van der Waals surface area contributed by atoms with Gasteiger partial charge in [0.05, 0.1) is 0 Å². The molecule has 1 heterocycles. The van der Waals surface area contributed by atoms with Gasteiger partial charge < -0.3 is 15.8 Å². The third-order valence-corrected chi connectivity index (χ3v) is 3.18. The Morgan fingerprint density at radius 2 is 1.83 bits per heavy atom. The molecule has 0 amide bonds. The van der Waals surface area contributed by atoms with Crippen LogP contribution in [0.5, 0.6) is 0 Å². The fourth-order valence-electron chi connectivity index (χ4n) is 1.99. The number of oxime groups is 1. The normalized spacial score (nSPS) is 16.9. The number of rotatable bonds is 1. The fraction of sp³-hybridized carbons (Fsp3) is 0.429. The number of hydrogen-bond donors (Lipinski definition) is 3. The van der Waals surface area contributed by atoms with Gasteiger partial charge in [0, 0.05) is 19.0 Å². The average molecular weight is 246 g/mol. The van der Waals surface area contributed by atoms with Crippen molar-refractivity contribution in [3.05, 3.63) is 41.3 Å². The Labute approximate surface area is 108 Å². The predicted molar refractivity (Wildman–Crippen MR) is 72.7 cm³/mol. The molecule has 0 aromatic heterocycles. The second-order valence-corrected chi connectivity index (χ2v) is 5.59. The lowest BCUT2D eigenvalue weighted by Crippen LogP contribution is -2.48. The van der Waals surface area contributed by atoms with Crippen LogP contribution in [0.2, 0.25) is 0 Å². The third-order valence-electron chi connectivity index (χ3n) is 3.18. The highest BCUT2D eigenvalue weighted by Crippen LogP contribution is 2.25. The van der Waals surface area contributed by atoms with Gasteiger partial charge in [-0.1, -0.05) is 50.2 Å². The van der Waals surface area contributed by atoms with Crippen molar-refractivity contribution in [3.63, 3.8) is 0 Å². The van der Waals surface area contributed by atoms with E-state index in [-0.39, 0.29) is 5.41 Å². The van der Waals surface area contributed by atoms with Crippen LogP contribution in [0.15, 0.2) is 29.4 Å². The third kappa shape index (κ3) is 2.75. The molecule has 18 heavy (non-hydrogen) atoms. The molecule has 97 valence electrons. The van der Waals surface area contributed by atoms with Gasteiger partial charge in [0.15, 0.2) is 0 Å². The first-order valence-corrected chi connectivity index (χ1v) is 6.16. The number of nitrogens with zero attached hydrogens (tertiary/aromatic N) is 1. The molecule has 1 aliphatic heterocycles. The molecule has 1 fully saturated rings. The van der Waals surface area contributed by atoms with Crippen molar-refractivity contribution < 1.29 is 5.21 Å². The Balaban J connectivity index is 2.15. The summed E-state index contributed by atoms with van der Waals surface area (Å²) in [5.41, 5.74) is 2.72. The van der Waals surface area contributed by atoms with E-state index < -0.39 is 0 Å². The topological polar surface area (TPSA) is 56.7 Å². The number of hydrogen-bond acceptors (Lipinski definition) is 2. The molecular formula is C14H20N3O. The molecule has 1 aliphatic rings. The van der Waals surface area contributed by atoms with Crippen molar-refractivity contribution >= 4 is 5.96 Å². The zero-order valence-electron chi connectivity index (χ0n) is 11.1. The van der Waals surface area contributed by atoms with Crippen LogP contribution in [0.25, 0.3) is 0 Å². The van der Waals surface area contributed by atoms with Crippen LogP contribution in [0.4, 0.5) is 0 Å². The molecule has 2 rings (SSSR count). The van der Waals surface area contributed by atoms with Crippen molar-refractivity contribution in [2.75, 3.05) is 13.1 Å². The number of guanidine groups is 1. The van der Waals surface area contributed by atoms with E-state index in [1.807, 2.05) is 0 Å². The van der Waals surface area contributed by atoms with Crippen molar-refractivity contribution in [1.29, 1.82) is 0 Å². The van der Waals surface area contributed by atoms with Crippen LogP contribution < -0.4 is 10.6 Å². The summed E-state index contributed by atoms with van der Waals surface area (Å²) in [5.74, 6) is 1.71. The van der Waals surface area contributed by atoms with E-state index in [0.717, 1.165) is 0 Å². The smallest absolute Gasteiger partial charge is 0.233 e. The first kappa shape index (κ1) is 12.7. The summed E-state index contributed by atoms with van der Waals surface area (Å²) in [6.07, 6.45) is 0. The van der Waals surface area contributed by atoms with E-state index in [9.17, 15) is 0 Å². The molecule has 1 saturated heterocycles. The zero-order chi connectivity index (χ0) is 13.2. The van der Waals surface area contributed by atoms with Gasteiger partial charge in [0.25, 0.3) is 0 Å². The highest BCUT2D eigenvalue weighted by molar-refractivity contribution is 5.81. The van der Waals surface area contributed by atoms with E-state index in [4.69, 9.17) is 5.21 Å². The number of benzene rings is 1. The van der Waals surface area contributed by atoms with Crippen LogP contribution in [0.1, 0.15) is 31.9 Å². The van der Waals surface area contributed by atoms with Gasteiger partial charge in [-0.15, -0.1) is 0 Å². The molecule has 4 heteroatoms. The first-order valence-electron chi connectivity index (χ1n) is 6.16. The monoisotopic (exact) mass is 246 g/mol. The zero-order valence-corrected chi connectivity index (χ0v) is 11.1. The standard InChI is InChI=1S/C14H20N3O/c1-14(2,3)12-6-4-5-10(7-12)11-8-15-13(17-18)16-9-11/h4-7,18H,8-9H2,1-3H3,(H2,15,16,17). The first-order chi connectivity index (χ1) is 8.50. The molecular weight excluding hydrogens is 226 g/mol. The molecule has 0 atom stereocenters. The highest BCUT2D eigenvalue weighted by Gasteiger charge is 2.21. The van der Waals surface area contributed by atoms with Crippen molar-refractivity contribution in [2.24, 2.45) is 5.16 Å². The molecule has 0 unspecified atom stereocenters. The maximum atomic E-state index is 8.65. The lowest BCUT2D eigenvalue weighted by atomic mass is 9.84. The molecule has 0 spiro atoms. The molecule has 0 bridgehead atoms. The van der Waals surface area contributed by atoms with Gasteiger partial charge in [-0.05, 0) is 16.5 Å². The maximum Gasteiger partial charge on any atom is 0.233 e. The Hall–Kier alpha value is -1.71. The van der Waals surface area contributed by atoms with Crippen molar-refractivity contribution in [2.45, 2.75) is 26.2 Å². The van der Waals surface area contributed by atoms with Crippen LogP contribution >= 0.6 is 0 Å². The molecule has 0 aliphatic carbocycles. The minimum Gasteiger partial charge on any atom is -0.408 e. The lowest BCUT2D eigenvalue weighted by molar-refractivity contribution is 0.312. The number of nitrogens with one attached hydrogen (secondary N) is 2. The Kier molecular flexibility index (Phi) is 3.45. The molecule has 4 nitrogen and oxygen atoms in total. The van der Waals surface area contributed by atoms with Crippen LogP contribution in [0.3, 0.4) is 0 Å². The van der Waals surface area contributed by atoms with E-state index in [1.54, 1.807) is 0 Å². The SMILES string of the molecule is CC(C)(C)c1cccc([C]2CNC(=NO)NC2)c1. The van der Waals surface area contributed by atoms with E-state index in [0.29, 0.717) is 19.0 Å². The van der Waals surface area contributed by atoms with Crippen molar-refractivity contribution in [1.82, 2.24) is 10.6 Å². The van der Waals surface area contributed by atoms with E-state index >= 15 is 0 Å². The van der Waals surface area contributed by atoms with Gasteiger partial charge in [-0.3, -0.25) is 0 Å².